The third kappa shape index (κ3) is 14.3. The molecule has 1 aromatic carbocycles. The molecule has 0 atom stereocenters. The molecule has 0 aliphatic rings. The van der Waals surface area contributed by atoms with Crippen LogP contribution in [0.15, 0.2) is 12.1 Å². The lowest BCUT2D eigenvalue weighted by molar-refractivity contribution is 0.0179. The minimum absolute atomic E-state index is 0.516. The van der Waals surface area contributed by atoms with Gasteiger partial charge in [-0.15, -0.1) is 0 Å². The first-order chi connectivity index (χ1) is 14.7. The molecule has 1 rings (SSSR count). The first-order valence-corrected chi connectivity index (χ1v) is 13.2. The molecule has 0 aliphatic heterocycles. The van der Waals surface area contributed by atoms with Crippen molar-refractivity contribution in [3.8, 4) is 11.5 Å². The molecule has 7 heteroatoms. The second-order valence-electron chi connectivity index (χ2n) is 7.10. The van der Waals surface area contributed by atoms with Crippen molar-refractivity contribution >= 4 is 45.2 Å². The van der Waals surface area contributed by atoms with Crippen molar-refractivity contribution in [3.05, 3.63) is 19.3 Å². The lowest BCUT2D eigenvalue weighted by Gasteiger charge is -2.13. The van der Waals surface area contributed by atoms with Crippen LogP contribution < -0.4 is 9.47 Å². The van der Waals surface area contributed by atoms with Gasteiger partial charge in [0.2, 0.25) is 0 Å². The fraction of sp³-hybridized carbons (Fsp3) is 0.739. The van der Waals surface area contributed by atoms with E-state index in [1.165, 1.54) is 44.9 Å². The van der Waals surface area contributed by atoms with Crippen LogP contribution in [0.2, 0.25) is 0 Å². The van der Waals surface area contributed by atoms with E-state index in [0.717, 1.165) is 31.7 Å². The van der Waals surface area contributed by atoms with Gasteiger partial charge in [0.15, 0.2) is 0 Å². The van der Waals surface area contributed by atoms with E-state index in [4.69, 9.17) is 23.7 Å². The number of ether oxygens (including phenoxy) is 5. The number of benzene rings is 1. The van der Waals surface area contributed by atoms with E-state index in [2.05, 4.69) is 58.2 Å². The lowest BCUT2D eigenvalue weighted by Crippen LogP contribution is -2.12. The molecule has 0 bridgehead atoms. The molecule has 0 radical (unpaired) electrons. The highest BCUT2D eigenvalue weighted by atomic mass is 127. The van der Waals surface area contributed by atoms with Crippen molar-refractivity contribution in [2.75, 3.05) is 53.4 Å². The van der Waals surface area contributed by atoms with Gasteiger partial charge in [0, 0.05) is 7.11 Å². The molecule has 0 aliphatic carbocycles. The van der Waals surface area contributed by atoms with E-state index >= 15 is 0 Å². The first-order valence-electron chi connectivity index (χ1n) is 11.1. The zero-order chi connectivity index (χ0) is 21.9. The average Bonchev–Trinajstić information content (AvgIpc) is 2.74. The maximum absolute atomic E-state index is 6.00. The van der Waals surface area contributed by atoms with Gasteiger partial charge in [-0.25, -0.2) is 0 Å². The van der Waals surface area contributed by atoms with Crippen molar-refractivity contribution in [2.24, 2.45) is 0 Å². The van der Waals surface area contributed by atoms with E-state index in [0.29, 0.717) is 39.6 Å². The molecule has 0 saturated carbocycles. The predicted octanol–water partition coefficient (Wildman–Crippen LogP) is 6.47. The van der Waals surface area contributed by atoms with Gasteiger partial charge in [0.1, 0.15) is 18.1 Å². The van der Waals surface area contributed by atoms with Crippen LogP contribution in [0.1, 0.15) is 58.3 Å². The smallest absolute Gasteiger partial charge is 0.134 e. The molecule has 0 unspecified atom stereocenters. The highest BCUT2D eigenvalue weighted by Gasteiger charge is 2.09. The summed E-state index contributed by atoms with van der Waals surface area (Å²) in [4.78, 5) is 0. The van der Waals surface area contributed by atoms with Crippen LogP contribution in [0.3, 0.4) is 0 Å². The highest BCUT2D eigenvalue weighted by Crippen LogP contribution is 2.31. The topological polar surface area (TPSA) is 46.2 Å². The monoisotopic (exact) mass is 648 g/mol. The molecule has 0 N–H and O–H groups in total. The van der Waals surface area contributed by atoms with Gasteiger partial charge in [-0.1, -0.05) is 51.9 Å². The van der Waals surface area contributed by atoms with Crippen molar-refractivity contribution in [1.82, 2.24) is 0 Å². The van der Waals surface area contributed by atoms with Gasteiger partial charge in [-0.3, -0.25) is 0 Å². The maximum atomic E-state index is 6.00. The number of methoxy groups -OCH3 is 1. The predicted molar refractivity (Wildman–Crippen MR) is 139 cm³/mol. The number of unbranched alkanes of at least 4 members (excludes halogenated alkanes) is 7. The summed E-state index contributed by atoms with van der Waals surface area (Å²) in [6, 6.07) is 4.10. The van der Waals surface area contributed by atoms with Crippen molar-refractivity contribution in [1.29, 1.82) is 0 Å². The molecule has 0 heterocycles. The Hall–Kier alpha value is 0.160. The van der Waals surface area contributed by atoms with Crippen LogP contribution in [-0.2, 0) is 14.2 Å². The van der Waals surface area contributed by atoms with Crippen molar-refractivity contribution in [2.45, 2.75) is 58.3 Å². The number of halogens is 2. The molecule has 30 heavy (non-hydrogen) atoms. The van der Waals surface area contributed by atoms with Gasteiger partial charge < -0.3 is 23.7 Å². The summed E-state index contributed by atoms with van der Waals surface area (Å²) in [5.74, 6) is 1.82. The molecule has 5 nitrogen and oxygen atoms in total. The summed E-state index contributed by atoms with van der Waals surface area (Å²) >= 11 is 4.61. The molecule has 0 amide bonds. The van der Waals surface area contributed by atoms with Crippen molar-refractivity contribution < 1.29 is 23.7 Å². The molecule has 0 spiro atoms. The Morgan fingerprint density at radius 3 is 1.63 bits per heavy atom. The minimum atomic E-state index is 0.516. The third-order valence-electron chi connectivity index (χ3n) is 4.53. The Kier molecular flexibility index (Phi) is 18.6. The second kappa shape index (κ2) is 19.8. The van der Waals surface area contributed by atoms with E-state index in [-0.39, 0.29) is 0 Å². The highest BCUT2D eigenvalue weighted by molar-refractivity contribution is 14.1. The lowest BCUT2D eigenvalue weighted by atomic mass is 10.1. The van der Waals surface area contributed by atoms with Crippen LogP contribution >= 0.6 is 45.2 Å². The Morgan fingerprint density at radius 1 is 0.600 bits per heavy atom. The van der Waals surface area contributed by atoms with E-state index in [9.17, 15) is 0 Å². The molecule has 0 fully saturated rings. The van der Waals surface area contributed by atoms with Crippen LogP contribution in [-0.4, -0.2) is 53.4 Å². The zero-order valence-electron chi connectivity index (χ0n) is 18.6. The summed E-state index contributed by atoms with van der Waals surface area (Å²) in [7, 11) is 1.66. The van der Waals surface area contributed by atoms with Gasteiger partial charge in [-0.05, 0) is 63.7 Å². The molecule has 0 saturated heterocycles. The summed E-state index contributed by atoms with van der Waals surface area (Å²) < 4.78 is 29.8. The number of rotatable bonds is 20. The molecule has 1 aromatic rings. The third-order valence-corrected chi connectivity index (χ3v) is 6.22. The molecule has 174 valence electrons. The fourth-order valence-corrected chi connectivity index (χ4v) is 4.01. The Morgan fingerprint density at radius 2 is 1.07 bits per heavy atom. The summed E-state index contributed by atoms with van der Waals surface area (Å²) in [6.45, 7) is 6.44. The van der Waals surface area contributed by atoms with Crippen LogP contribution in [0.5, 0.6) is 11.5 Å². The quantitative estimate of drug-likeness (QED) is 0.120. The average molecular weight is 648 g/mol. The minimum Gasteiger partial charge on any atom is -0.492 e. The van der Waals surface area contributed by atoms with Crippen LogP contribution in [0.25, 0.3) is 0 Å². The van der Waals surface area contributed by atoms with Gasteiger partial charge >= 0.3 is 0 Å². The SMILES string of the molecule is CCCCCCCCCCOc1cc(I)c(OCCOCCOCCOC)cc1I. The summed E-state index contributed by atoms with van der Waals surface area (Å²) in [5.41, 5.74) is 0. The van der Waals surface area contributed by atoms with Gasteiger partial charge in [-0.2, -0.15) is 0 Å². The van der Waals surface area contributed by atoms with E-state index in [1.54, 1.807) is 7.11 Å². The van der Waals surface area contributed by atoms with Crippen molar-refractivity contribution in [3.63, 3.8) is 0 Å². The zero-order valence-corrected chi connectivity index (χ0v) is 22.9. The molecule has 0 aromatic heterocycles. The maximum Gasteiger partial charge on any atom is 0.134 e. The first kappa shape index (κ1) is 28.2. The Labute approximate surface area is 210 Å². The molecular formula is C23H38I2O5. The Bertz CT molecular complexity index is 495. The normalized spacial score (nSPS) is 11.1. The number of hydrogen-bond donors (Lipinski definition) is 0. The van der Waals surface area contributed by atoms with Crippen LogP contribution in [0.4, 0.5) is 0 Å². The van der Waals surface area contributed by atoms with Crippen LogP contribution in [0, 0.1) is 7.14 Å². The Balaban J connectivity index is 2.15. The standard InChI is InChI=1S/C23H38I2O5/c1-3-4-5-6-7-8-9-10-11-29-22-18-21(25)23(19-20(22)24)30-17-16-28-15-14-27-13-12-26-2/h18-19H,3-17H2,1-2H3. The van der Waals surface area contributed by atoms with Gasteiger partial charge in [0.25, 0.3) is 0 Å². The largest absolute Gasteiger partial charge is 0.492 e. The number of hydrogen-bond acceptors (Lipinski definition) is 5. The van der Waals surface area contributed by atoms with E-state index in [1.807, 2.05) is 6.07 Å². The summed E-state index contributed by atoms with van der Waals surface area (Å²) in [6.07, 6.45) is 10.5. The second-order valence-corrected chi connectivity index (χ2v) is 9.43. The molecular weight excluding hydrogens is 610 g/mol. The summed E-state index contributed by atoms with van der Waals surface area (Å²) in [5, 5.41) is 0. The van der Waals surface area contributed by atoms with Gasteiger partial charge in [0.05, 0.1) is 46.8 Å². The van der Waals surface area contributed by atoms with E-state index < -0.39 is 0 Å². The fourth-order valence-electron chi connectivity index (χ4n) is 2.82.